The maximum atomic E-state index is 14.5. The molecular formula is C26H17F2N2O. The van der Waals surface area contributed by atoms with Crippen LogP contribution in [0, 0.1) is 17.7 Å². The van der Waals surface area contributed by atoms with Gasteiger partial charge in [0.15, 0.2) is 0 Å². The Kier molecular flexibility index (Phi) is 4.51. The van der Waals surface area contributed by atoms with E-state index in [1.165, 1.54) is 6.07 Å². The second-order valence-corrected chi connectivity index (χ2v) is 7.40. The van der Waals surface area contributed by atoms with Gasteiger partial charge in [-0.25, -0.2) is 8.78 Å². The van der Waals surface area contributed by atoms with Crippen LogP contribution in [0.3, 0.4) is 0 Å². The van der Waals surface area contributed by atoms with Gasteiger partial charge < -0.3 is 10.3 Å². The predicted molar refractivity (Wildman–Crippen MR) is 118 cm³/mol. The SMILES string of the molecule is NC(=O)c1cccc2c1c1[c]cc(-c3ccccc3)cc1n2Cc1cc(F)ccc1F. The Labute approximate surface area is 177 Å². The van der Waals surface area contributed by atoms with Crippen LogP contribution in [0.25, 0.3) is 32.9 Å². The van der Waals surface area contributed by atoms with Crippen molar-refractivity contribution in [2.45, 2.75) is 6.54 Å². The van der Waals surface area contributed by atoms with E-state index in [1.807, 2.05) is 53.1 Å². The van der Waals surface area contributed by atoms with Crippen molar-refractivity contribution < 1.29 is 13.6 Å². The van der Waals surface area contributed by atoms with Gasteiger partial charge in [-0.1, -0.05) is 36.4 Å². The summed E-state index contributed by atoms with van der Waals surface area (Å²) in [5.41, 5.74) is 9.60. The fourth-order valence-corrected chi connectivity index (χ4v) is 4.06. The monoisotopic (exact) mass is 411 g/mol. The molecule has 0 aliphatic carbocycles. The Morgan fingerprint density at radius 1 is 0.903 bits per heavy atom. The first-order valence-electron chi connectivity index (χ1n) is 9.79. The van der Waals surface area contributed by atoms with E-state index in [9.17, 15) is 13.6 Å². The fourth-order valence-electron chi connectivity index (χ4n) is 4.06. The second-order valence-electron chi connectivity index (χ2n) is 7.40. The Balaban J connectivity index is 1.82. The standard InChI is InChI=1S/C26H17F2N2O/c27-19-10-12-22(28)18(13-19)15-30-23-8-4-7-21(26(29)31)25(23)20-11-9-17(14-24(20)30)16-5-2-1-3-6-16/h1-10,12-14H,15H2,(H2,29,31). The van der Waals surface area contributed by atoms with Crippen LogP contribution in [-0.4, -0.2) is 10.5 Å². The number of nitrogens with zero attached hydrogens (tertiary/aromatic N) is 1. The van der Waals surface area contributed by atoms with Crippen LogP contribution in [0.1, 0.15) is 15.9 Å². The largest absolute Gasteiger partial charge is 0.366 e. The summed E-state index contributed by atoms with van der Waals surface area (Å²) in [6.45, 7) is 0.0951. The predicted octanol–water partition coefficient (Wildman–Crippen LogP) is 5.69. The number of rotatable bonds is 4. The molecule has 0 aliphatic rings. The van der Waals surface area contributed by atoms with Crippen molar-refractivity contribution in [3.8, 4) is 11.1 Å². The van der Waals surface area contributed by atoms with Gasteiger partial charge >= 0.3 is 0 Å². The zero-order valence-corrected chi connectivity index (χ0v) is 16.4. The van der Waals surface area contributed by atoms with Crippen molar-refractivity contribution in [3.63, 3.8) is 0 Å². The molecule has 31 heavy (non-hydrogen) atoms. The van der Waals surface area contributed by atoms with Crippen molar-refractivity contribution in [2.75, 3.05) is 0 Å². The second kappa shape index (κ2) is 7.36. The van der Waals surface area contributed by atoms with E-state index in [-0.39, 0.29) is 12.1 Å². The number of benzene rings is 4. The molecule has 0 aliphatic heterocycles. The Hall–Kier alpha value is -3.99. The smallest absolute Gasteiger partial charge is 0.249 e. The van der Waals surface area contributed by atoms with Gasteiger partial charge in [0.2, 0.25) is 5.91 Å². The quantitative estimate of drug-likeness (QED) is 0.406. The van der Waals surface area contributed by atoms with E-state index in [4.69, 9.17) is 5.73 Å². The molecule has 1 heterocycles. The Morgan fingerprint density at radius 2 is 1.71 bits per heavy atom. The third kappa shape index (κ3) is 3.24. The van der Waals surface area contributed by atoms with E-state index in [1.54, 1.807) is 12.1 Å². The van der Waals surface area contributed by atoms with Gasteiger partial charge in [0.1, 0.15) is 11.6 Å². The highest BCUT2D eigenvalue weighted by Crippen LogP contribution is 2.35. The molecule has 0 saturated carbocycles. The maximum absolute atomic E-state index is 14.5. The van der Waals surface area contributed by atoms with E-state index in [0.29, 0.717) is 21.9 Å². The number of halogens is 2. The number of fused-ring (bicyclic) bond motifs is 3. The van der Waals surface area contributed by atoms with Gasteiger partial charge in [-0.15, -0.1) is 0 Å². The third-order valence-electron chi connectivity index (χ3n) is 5.50. The number of primary amides is 1. The van der Waals surface area contributed by atoms with Gasteiger partial charge in [0, 0.05) is 21.9 Å². The average molecular weight is 411 g/mol. The molecule has 3 nitrogen and oxygen atoms in total. The van der Waals surface area contributed by atoms with Crippen LogP contribution in [0.5, 0.6) is 0 Å². The molecule has 4 aromatic carbocycles. The van der Waals surface area contributed by atoms with Gasteiger partial charge in [0.25, 0.3) is 0 Å². The van der Waals surface area contributed by atoms with Crippen LogP contribution >= 0.6 is 0 Å². The number of aromatic nitrogens is 1. The summed E-state index contributed by atoms with van der Waals surface area (Å²) >= 11 is 0. The van der Waals surface area contributed by atoms with Crippen molar-refractivity contribution in [3.05, 3.63) is 108 Å². The summed E-state index contributed by atoms with van der Waals surface area (Å²) in [6, 6.07) is 25.6. The molecule has 0 spiro atoms. The van der Waals surface area contributed by atoms with E-state index in [0.717, 1.165) is 28.8 Å². The summed E-state index contributed by atoms with van der Waals surface area (Å²) in [7, 11) is 0. The van der Waals surface area contributed by atoms with Gasteiger partial charge in [-0.2, -0.15) is 0 Å². The normalized spacial score (nSPS) is 11.3. The van der Waals surface area contributed by atoms with Crippen molar-refractivity contribution >= 4 is 27.7 Å². The summed E-state index contributed by atoms with van der Waals surface area (Å²) in [4.78, 5) is 12.1. The van der Waals surface area contributed by atoms with Crippen LogP contribution in [0.15, 0.2) is 78.9 Å². The molecule has 151 valence electrons. The molecule has 0 atom stereocenters. The lowest BCUT2D eigenvalue weighted by Gasteiger charge is -2.10. The topological polar surface area (TPSA) is 48.0 Å². The number of carbonyl (C=O) groups is 1. The minimum absolute atomic E-state index is 0.0951. The van der Waals surface area contributed by atoms with Gasteiger partial charge in [-0.05, 0) is 59.7 Å². The minimum atomic E-state index is -0.554. The van der Waals surface area contributed by atoms with Crippen LogP contribution < -0.4 is 5.73 Å². The summed E-state index contributed by atoms with van der Waals surface area (Å²) < 4.78 is 30.1. The van der Waals surface area contributed by atoms with Crippen LogP contribution in [0.2, 0.25) is 0 Å². The number of hydrogen-bond acceptors (Lipinski definition) is 1. The van der Waals surface area contributed by atoms with E-state index < -0.39 is 17.5 Å². The molecule has 0 bridgehead atoms. The number of hydrogen-bond donors (Lipinski definition) is 1. The Morgan fingerprint density at radius 3 is 2.48 bits per heavy atom. The first-order chi connectivity index (χ1) is 15.0. The first-order valence-corrected chi connectivity index (χ1v) is 9.79. The van der Waals surface area contributed by atoms with Crippen molar-refractivity contribution in [1.82, 2.24) is 4.57 Å². The van der Waals surface area contributed by atoms with E-state index in [2.05, 4.69) is 6.07 Å². The zero-order valence-electron chi connectivity index (χ0n) is 16.4. The maximum Gasteiger partial charge on any atom is 0.249 e. The molecule has 5 rings (SSSR count). The molecule has 0 unspecified atom stereocenters. The average Bonchev–Trinajstić information content (AvgIpc) is 3.10. The summed E-state index contributed by atoms with van der Waals surface area (Å²) in [5, 5.41) is 1.36. The summed E-state index contributed by atoms with van der Waals surface area (Å²) in [6.07, 6.45) is 0. The lowest BCUT2D eigenvalue weighted by atomic mass is 10.0. The summed E-state index contributed by atoms with van der Waals surface area (Å²) in [5.74, 6) is -1.56. The molecule has 1 radical (unpaired) electrons. The molecule has 2 N–H and O–H groups in total. The third-order valence-corrected chi connectivity index (χ3v) is 5.50. The number of carbonyl (C=O) groups excluding carboxylic acids is 1. The number of amides is 1. The fraction of sp³-hybridized carbons (Fsp3) is 0.0385. The molecule has 0 fully saturated rings. The molecule has 1 amide bonds. The van der Waals surface area contributed by atoms with Gasteiger partial charge in [0.05, 0.1) is 17.6 Å². The number of nitrogens with two attached hydrogens (primary N) is 1. The molecule has 0 saturated heterocycles. The van der Waals surface area contributed by atoms with Crippen LogP contribution in [-0.2, 0) is 6.54 Å². The highest BCUT2D eigenvalue weighted by atomic mass is 19.1. The molecular weight excluding hydrogens is 394 g/mol. The minimum Gasteiger partial charge on any atom is -0.366 e. The highest BCUT2D eigenvalue weighted by Gasteiger charge is 2.18. The van der Waals surface area contributed by atoms with Crippen molar-refractivity contribution in [1.29, 1.82) is 0 Å². The van der Waals surface area contributed by atoms with Gasteiger partial charge in [-0.3, -0.25) is 4.79 Å². The first kappa shape index (κ1) is 19.0. The Bertz CT molecular complexity index is 1460. The zero-order chi connectivity index (χ0) is 21.5. The lowest BCUT2D eigenvalue weighted by molar-refractivity contribution is 0.100. The van der Waals surface area contributed by atoms with Crippen LogP contribution in [0.4, 0.5) is 8.78 Å². The lowest BCUT2D eigenvalue weighted by Crippen LogP contribution is -2.11. The molecule has 5 heteroatoms. The highest BCUT2D eigenvalue weighted by molar-refractivity contribution is 6.18. The molecule has 1 aromatic heterocycles. The molecule has 5 aromatic rings. The van der Waals surface area contributed by atoms with Crippen molar-refractivity contribution in [2.24, 2.45) is 5.73 Å². The van der Waals surface area contributed by atoms with E-state index >= 15 is 0 Å².